The predicted octanol–water partition coefficient (Wildman–Crippen LogP) is 5.32. The predicted molar refractivity (Wildman–Crippen MR) is 117 cm³/mol. The van der Waals surface area contributed by atoms with Crippen molar-refractivity contribution in [2.24, 2.45) is 23.2 Å². The summed E-state index contributed by atoms with van der Waals surface area (Å²) in [4.78, 5) is 17.4. The van der Waals surface area contributed by atoms with Crippen molar-refractivity contribution in [2.45, 2.75) is 69.6 Å². The number of pyridine rings is 1. The third-order valence-electron chi connectivity index (χ3n) is 7.66. The lowest BCUT2D eigenvalue weighted by Gasteiger charge is -2.57. The highest BCUT2D eigenvalue weighted by Crippen LogP contribution is 2.61. The van der Waals surface area contributed by atoms with Crippen molar-refractivity contribution in [3.8, 4) is 0 Å². The number of thioether (sulfide) groups is 1. The number of carbonyl (C=O) groups excluding carboxylic acids is 1. The van der Waals surface area contributed by atoms with Gasteiger partial charge >= 0.3 is 0 Å². The number of hydrogen-bond donors (Lipinski definition) is 1. The lowest BCUT2D eigenvalue weighted by molar-refractivity contribution is -0.0564. The minimum atomic E-state index is -0.00547. The second-order valence-electron chi connectivity index (χ2n) is 9.87. The number of amides is 1. The summed E-state index contributed by atoms with van der Waals surface area (Å²) < 4.78 is 5.25. The molecule has 1 N–H and O–H groups in total. The first-order valence-corrected chi connectivity index (χ1v) is 12.3. The van der Waals surface area contributed by atoms with Gasteiger partial charge in [0.25, 0.3) is 5.91 Å². The number of hydrogen-bond acceptors (Lipinski definition) is 5. The van der Waals surface area contributed by atoms with Gasteiger partial charge in [-0.05, 0) is 94.1 Å². The third-order valence-corrected chi connectivity index (χ3v) is 8.69. The zero-order valence-corrected chi connectivity index (χ0v) is 18.8. The van der Waals surface area contributed by atoms with Gasteiger partial charge in [0.2, 0.25) is 0 Å². The number of rotatable bonds is 7. The summed E-state index contributed by atoms with van der Waals surface area (Å²) in [6.45, 7) is 4.64. The monoisotopic (exact) mass is 425 g/mol. The average Bonchev–Trinajstić information content (AvgIpc) is 3.03. The first-order valence-electron chi connectivity index (χ1n) is 11.3. The van der Waals surface area contributed by atoms with Gasteiger partial charge in [-0.25, -0.2) is 4.98 Å². The number of nitrogens with zero attached hydrogens (tertiary/aromatic N) is 2. The van der Waals surface area contributed by atoms with Crippen LogP contribution in [0.25, 0.3) is 0 Å². The highest BCUT2D eigenvalue weighted by molar-refractivity contribution is 7.98. The summed E-state index contributed by atoms with van der Waals surface area (Å²) in [6.07, 6.45) is 11.4. The SMILES string of the molecule is Cc1noc(C)c1CSc1ncccc1C(=O)NCCC12CC3CC(CC(C3)C1)C2. The van der Waals surface area contributed by atoms with Gasteiger partial charge in [-0.3, -0.25) is 4.79 Å². The topological polar surface area (TPSA) is 68.0 Å². The summed E-state index contributed by atoms with van der Waals surface area (Å²) in [5.74, 6) is 4.39. The van der Waals surface area contributed by atoms with E-state index in [1.807, 2.05) is 26.0 Å². The van der Waals surface area contributed by atoms with Crippen LogP contribution < -0.4 is 5.32 Å². The van der Waals surface area contributed by atoms with Gasteiger partial charge in [0, 0.05) is 24.1 Å². The molecule has 160 valence electrons. The van der Waals surface area contributed by atoms with Crippen LogP contribution in [0, 0.1) is 37.0 Å². The molecule has 4 bridgehead atoms. The Bertz CT molecular complexity index is 883. The largest absolute Gasteiger partial charge is 0.361 e. The zero-order valence-electron chi connectivity index (χ0n) is 17.9. The fraction of sp³-hybridized carbons (Fsp3) is 0.625. The first-order chi connectivity index (χ1) is 14.5. The van der Waals surface area contributed by atoms with Crippen molar-refractivity contribution in [3.63, 3.8) is 0 Å². The van der Waals surface area contributed by atoms with Gasteiger partial charge in [0.1, 0.15) is 10.8 Å². The van der Waals surface area contributed by atoms with E-state index < -0.39 is 0 Å². The molecule has 0 spiro atoms. The van der Waals surface area contributed by atoms with E-state index in [0.717, 1.165) is 52.8 Å². The van der Waals surface area contributed by atoms with Gasteiger partial charge < -0.3 is 9.84 Å². The molecule has 4 fully saturated rings. The molecule has 4 saturated carbocycles. The Kier molecular flexibility index (Phi) is 5.38. The maximum absolute atomic E-state index is 13.0. The van der Waals surface area contributed by atoms with Crippen molar-refractivity contribution in [3.05, 3.63) is 40.9 Å². The number of aromatic nitrogens is 2. The second kappa shape index (κ2) is 8.03. The molecule has 0 unspecified atom stereocenters. The van der Waals surface area contributed by atoms with E-state index >= 15 is 0 Å². The molecule has 6 heteroatoms. The van der Waals surface area contributed by atoms with Crippen LogP contribution in [-0.2, 0) is 5.75 Å². The van der Waals surface area contributed by atoms with Gasteiger partial charge in [-0.1, -0.05) is 5.16 Å². The summed E-state index contributed by atoms with van der Waals surface area (Å²) in [5.41, 5.74) is 3.15. The van der Waals surface area contributed by atoms with Crippen LogP contribution >= 0.6 is 11.8 Å². The number of nitrogens with one attached hydrogen (secondary N) is 1. The summed E-state index contributed by atoms with van der Waals surface area (Å²) in [5, 5.41) is 7.99. The lowest BCUT2D eigenvalue weighted by atomic mass is 9.49. The Balaban J connectivity index is 1.20. The van der Waals surface area contributed by atoms with Crippen LogP contribution in [0.5, 0.6) is 0 Å². The molecule has 6 rings (SSSR count). The smallest absolute Gasteiger partial charge is 0.254 e. The lowest BCUT2D eigenvalue weighted by Crippen LogP contribution is -2.47. The quantitative estimate of drug-likeness (QED) is 0.609. The first kappa shape index (κ1) is 20.1. The molecule has 0 aromatic carbocycles. The van der Waals surface area contributed by atoms with E-state index in [1.165, 1.54) is 38.5 Å². The van der Waals surface area contributed by atoms with Crippen molar-refractivity contribution in [1.29, 1.82) is 0 Å². The molecule has 0 atom stereocenters. The minimum absolute atomic E-state index is 0.00547. The van der Waals surface area contributed by atoms with Crippen molar-refractivity contribution in [1.82, 2.24) is 15.5 Å². The van der Waals surface area contributed by atoms with Gasteiger partial charge in [-0.15, -0.1) is 11.8 Å². The Morgan fingerprint density at radius 3 is 2.53 bits per heavy atom. The average molecular weight is 426 g/mol. The van der Waals surface area contributed by atoms with Crippen LogP contribution in [-0.4, -0.2) is 22.6 Å². The molecular weight excluding hydrogens is 394 g/mol. The zero-order chi connectivity index (χ0) is 20.7. The summed E-state index contributed by atoms with van der Waals surface area (Å²) in [7, 11) is 0. The van der Waals surface area contributed by atoms with Crippen LogP contribution in [0.3, 0.4) is 0 Å². The van der Waals surface area contributed by atoms with Crippen LogP contribution in [0.4, 0.5) is 0 Å². The van der Waals surface area contributed by atoms with Crippen LogP contribution in [0.15, 0.2) is 27.9 Å². The Labute approximate surface area is 182 Å². The maximum atomic E-state index is 13.0. The van der Waals surface area contributed by atoms with E-state index in [2.05, 4.69) is 15.5 Å². The van der Waals surface area contributed by atoms with E-state index in [1.54, 1.807) is 18.0 Å². The molecule has 0 aliphatic heterocycles. The maximum Gasteiger partial charge on any atom is 0.254 e. The van der Waals surface area contributed by atoms with E-state index in [0.29, 0.717) is 16.7 Å². The molecule has 4 aliphatic rings. The standard InChI is InChI=1S/C24H31N3O2S/c1-15-21(16(2)29-27-15)14-30-23-20(4-3-6-26-23)22(28)25-7-5-24-11-17-8-18(12-24)10-19(9-17)13-24/h3-4,6,17-19H,5,7-14H2,1-2H3,(H,25,28). The van der Waals surface area contributed by atoms with Crippen LogP contribution in [0.1, 0.15) is 72.3 Å². The molecule has 1 amide bonds. The van der Waals surface area contributed by atoms with Crippen LogP contribution in [0.2, 0.25) is 0 Å². The fourth-order valence-corrected chi connectivity index (χ4v) is 7.80. The molecular formula is C24H31N3O2S. The molecule has 30 heavy (non-hydrogen) atoms. The van der Waals surface area contributed by atoms with Gasteiger partial charge in [0.05, 0.1) is 11.3 Å². The minimum Gasteiger partial charge on any atom is -0.361 e. The van der Waals surface area contributed by atoms with Crippen molar-refractivity contribution < 1.29 is 9.32 Å². The summed E-state index contributed by atoms with van der Waals surface area (Å²) >= 11 is 1.57. The Morgan fingerprint density at radius 2 is 1.90 bits per heavy atom. The third kappa shape index (κ3) is 3.91. The number of carbonyl (C=O) groups is 1. The van der Waals surface area contributed by atoms with E-state index in [-0.39, 0.29) is 5.91 Å². The summed E-state index contributed by atoms with van der Waals surface area (Å²) in [6, 6.07) is 3.72. The Hall–Kier alpha value is -1.82. The van der Waals surface area contributed by atoms with Crippen molar-refractivity contribution >= 4 is 17.7 Å². The molecule has 0 saturated heterocycles. The molecule has 5 nitrogen and oxygen atoms in total. The molecule has 2 aromatic heterocycles. The Morgan fingerprint density at radius 1 is 1.20 bits per heavy atom. The highest BCUT2D eigenvalue weighted by atomic mass is 32.2. The molecule has 4 aliphatic carbocycles. The molecule has 2 aromatic rings. The van der Waals surface area contributed by atoms with E-state index in [9.17, 15) is 4.79 Å². The number of aryl methyl sites for hydroxylation is 2. The fourth-order valence-electron chi connectivity index (χ4n) is 6.66. The molecule has 0 radical (unpaired) electrons. The highest BCUT2D eigenvalue weighted by Gasteiger charge is 2.50. The van der Waals surface area contributed by atoms with E-state index in [4.69, 9.17) is 4.52 Å². The van der Waals surface area contributed by atoms with Gasteiger partial charge in [-0.2, -0.15) is 0 Å². The normalized spacial score (nSPS) is 29.3. The molecule has 2 heterocycles. The van der Waals surface area contributed by atoms with Crippen molar-refractivity contribution in [2.75, 3.05) is 6.54 Å². The van der Waals surface area contributed by atoms with Gasteiger partial charge in [0.15, 0.2) is 0 Å². The second-order valence-corrected chi connectivity index (χ2v) is 10.8.